The number of nitrogens with zero attached hydrogens (tertiary/aromatic N) is 2. The summed E-state index contributed by atoms with van der Waals surface area (Å²) in [5.41, 5.74) is 0. The Balaban J connectivity index is 1.83. The van der Waals surface area contributed by atoms with E-state index in [1.54, 1.807) is 0 Å². The third kappa shape index (κ3) is 26.4. The van der Waals surface area contributed by atoms with Gasteiger partial charge in [-0.15, -0.1) is 0 Å². The van der Waals surface area contributed by atoms with Crippen LogP contribution >= 0.6 is 0 Å². The van der Waals surface area contributed by atoms with Gasteiger partial charge in [0.25, 0.3) is 5.82 Å². The van der Waals surface area contributed by atoms with Crippen LogP contribution in [0.3, 0.4) is 0 Å². The summed E-state index contributed by atoms with van der Waals surface area (Å²) in [7, 11) is 0. The zero-order valence-corrected chi connectivity index (χ0v) is 31.0. The molecule has 1 aromatic rings. The zero-order valence-electron chi connectivity index (χ0n) is 31.0. The van der Waals surface area contributed by atoms with E-state index < -0.39 is 0 Å². The standard InChI is InChI=1S/C42H83N2/c1-4-6-8-10-12-14-16-18-20-22-24-26-28-30-32-34-36-38-43-40-41-44(42(43)3)39-37-35-33-31-29-27-25-23-21-19-17-15-13-11-9-7-5-2/h40-41H,4-39H2,1-3H3/q+1. The molecule has 0 radical (unpaired) electrons. The highest BCUT2D eigenvalue weighted by atomic mass is 15.1. The maximum absolute atomic E-state index is 2.50. The van der Waals surface area contributed by atoms with Gasteiger partial charge in [-0.05, 0) is 25.7 Å². The minimum Gasteiger partial charge on any atom is -0.234 e. The van der Waals surface area contributed by atoms with Crippen molar-refractivity contribution in [2.75, 3.05) is 0 Å². The van der Waals surface area contributed by atoms with Crippen molar-refractivity contribution in [3.05, 3.63) is 18.2 Å². The summed E-state index contributed by atoms with van der Waals surface area (Å²) in [6.07, 6.45) is 53.9. The highest BCUT2D eigenvalue weighted by Crippen LogP contribution is 2.16. The minimum absolute atomic E-state index is 1.20. The summed E-state index contributed by atoms with van der Waals surface area (Å²) in [6, 6.07) is 0. The first kappa shape index (κ1) is 41.2. The molecule has 44 heavy (non-hydrogen) atoms. The van der Waals surface area contributed by atoms with Crippen molar-refractivity contribution in [3.63, 3.8) is 0 Å². The van der Waals surface area contributed by atoms with Crippen LogP contribution in [0.25, 0.3) is 0 Å². The Hall–Kier alpha value is -0.790. The minimum atomic E-state index is 1.20. The van der Waals surface area contributed by atoms with Gasteiger partial charge in [-0.3, -0.25) is 0 Å². The second-order valence-corrected chi connectivity index (χ2v) is 14.5. The first-order chi connectivity index (χ1) is 21.8. The molecule has 0 saturated carbocycles. The van der Waals surface area contributed by atoms with E-state index in [0.717, 1.165) is 0 Å². The van der Waals surface area contributed by atoms with Gasteiger partial charge in [0.2, 0.25) is 0 Å². The van der Waals surface area contributed by atoms with Crippen LogP contribution in [0.2, 0.25) is 0 Å². The molecule has 1 rings (SSSR count). The Morgan fingerprint density at radius 1 is 0.386 bits per heavy atom. The van der Waals surface area contributed by atoms with Crippen LogP contribution < -0.4 is 4.57 Å². The molecule has 0 spiro atoms. The fourth-order valence-electron chi connectivity index (χ4n) is 7.03. The van der Waals surface area contributed by atoms with Crippen LogP contribution in [-0.2, 0) is 13.1 Å². The molecule has 2 nitrogen and oxygen atoms in total. The molecule has 0 aliphatic rings. The fourth-order valence-corrected chi connectivity index (χ4v) is 7.03. The smallest absolute Gasteiger partial charge is 0.234 e. The van der Waals surface area contributed by atoms with Crippen LogP contribution in [0, 0.1) is 6.92 Å². The van der Waals surface area contributed by atoms with Crippen molar-refractivity contribution < 1.29 is 4.57 Å². The Labute approximate surface area is 279 Å². The Kier molecular flexibility index (Phi) is 31.5. The van der Waals surface area contributed by atoms with Gasteiger partial charge < -0.3 is 0 Å². The van der Waals surface area contributed by atoms with Gasteiger partial charge in [-0.25, -0.2) is 9.13 Å². The maximum atomic E-state index is 2.50. The van der Waals surface area contributed by atoms with E-state index in [9.17, 15) is 0 Å². The van der Waals surface area contributed by atoms with E-state index in [2.05, 4.69) is 42.3 Å². The van der Waals surface area contributed by atoms with Gasteiger partial charge in [0.15, 0.2) is 0 Å². The van der Waals surface area contributed by atoms with Crippen LogP contribution in [0.1, 0.15) is 238 Å². The molecule has 0 aliphatic carbocycles. The number of hydrogen-bond donors (Lipinski definition) is 0. The van der Waals surface area contributed by atoms with E-state index in [-0.39, 0.29) is 0 Å². The molecule has 0 aromatic carbocycles. The van der Waals surface area contributed by atoms with Gasteiger partial charge in [0.05, 0.1) is 13.1 Å². The lowest BCUT2D eigenvalue weighted by atomic mass is 10.0. The van der Waals surface area contributed by atoms with Gasteiger partial charge in [-0.2, -0.15) is 0 Å². The summed E-state index contributed by atoms with van der Waals surface area (Å²) in [5, 5.41) is 0. The molecule has 0 saturated heterocycles. The number of hydrogen-bond acceptors (Lipinski definition) is 0. The number of rotatable bonds is 36. The SMILES string of the molecule is CCCCCCCCCCCCCCCCCCCn1cc[n+](CCCCCCCCCCCCCCCCCCC)c1C. The van der Waals surface area contributed by atoms with Crippen molar-refractivity contribution >= 4 is 0 Å². The zero-order chi connectivity index (χ0) is 31.6. The lowest BCUT2D eigenvalue weighted by molar-refractivity contribution is -0.702. The lowest BCUT2D eigenvalue weighted by Crippen LogP contribution is -2.35. The average Bonchev–Trinajstić information content (AvgIpc) is 3.38. The van der Waals surface area contributed by atoms with Crippen molar-refractivity contribution in [1.29, 1.82) is 0 Å². The van der Waals surface area contributed by atoms with E-state index in [1.165, 1.54) is 237 Å². The summed E-state index contributed by atoms with van der Waals surface area (Å²) < 4.78 is 5.00. The molecule has 0 N–H and O–H groups in total. The molecule has 0 atom stereocenters. The lowest BCUT2D eigenvalue weighted by Gasteiger charge is -2.04. The van der Waals surface area contributed by atoms with E-state index >= 15 is 0 Å². The van der Waals surface area contributed by atoms with Crippen molar-refractivity contribution in [2.45, 2.75) is 252 Å². The van der Waals surface area contributed by atoms with Crippen molar-refractivity contribution in [3.8, 4) is 0 Å². The summed E-state index contributed by atoms with van der Waals surface area (Å²) in [6.45, 7) is 9.35. The quantitative estimate of drug-likeness (QED) is 0.0524. The molecule has 1 heterocycles. The largest absolute Gasteiger partial charge is 0.253 e. The van der Waals surface area contributed by atoms with E-state index in [1.807, 2.05) is 0 Å². The molecule has 0 fully saturated rings. The Morgan fingerprint density at radius 3 is 0.977 bits per heavy atom. The summed E-state index contributed by atoms with van der Waals surface area (Å²) in [5.74, 6) is 1.46. The van der Waals surface area contributed by atoms with Crippen LogP contribution in [0.5, 0.6) is 0 Å². The predicted octanol–water partition coefficient (Wildman–Crippen LogP) is 14.4. The summed E-state index contributed by atoms with van der Waals surface area (Å²) in [4.78, 5) is 0. The predicted molar refractivity (Wildman–Crippen MR) is 198 cm³/mol. The average molecular weight is 616 g/mol. The van der Waals surface area contributed by atoms with E-state index in [4.69, 9.17) is 0 Å². The van der Waals surface area contributed by atoms with Gasteiger partial charge in [-0.1, -0.05) is 206 Å². The van der Waals surface area contributed by atoms with Crippen LogP contribution in [0.4, 0.5) is 0 Å². The molecular formula is C42H83N2+. The first-order valence-electron chi connectivity index (χ1n) is 20.8. The molecule has 1 aromatic heterocycles. The number of unbranched alkanes of at least 4 members (excludes halogenated alkanes) is 32. The number of imidazole rings is 1. The van der Waals surface area contributed by atoms with Crippen LogP contribution in [0.15, 0.2) is 12.4 Å². The first-order valence-corrected chi connectivity index (χ1v) is 20.8. The van der Waals surface area contributed by atoms with Crippen molar-refractivity contribution in [2.24, 2.45) is 0 Å². The van der Waals surface area contributed by atoms with E-state index in [0.29, 0.717) is 0 Å². The molecule has 0 amide bonds. The summed E-state index contributed by atoms with van der Waals surface area (Å²) >= 11 is 0. The normalized spacial score (nSPS) is 11.6. The molecule has 2 heteroatoms. The Morgan fingerprint density at radius 2 is 0.659 bits per heavy atom. The highest BCUT2D eigenvalue weighted by molar-refractivity contribution is 4.79. The van der Waals surface area contributed by atoms with Gasteiger partial charge >= 0.3 is 0 Å². The Bertz CT molecular complexity index is 622. The fraction of sp³-hybridized carbons (Fsp3) is 0.929. The van der Waals surface area contributed by atoms with Gasteiger partial charge in [0, 0.05) is 6.92 Å². The second kappa shape index (κ2) is 33.6. The monoisotopic (exact) mass is 616 g/mol. The van der Waals surface area contributed by atoms with Gasteiger partial charge in [0.1, 0.15) is 12.4 Å². The van der Waals surface area contributed by atoms with Crippen LogP contribution in [-0.4, -0.2) is 4.57 Å². The molecule has 260 valence electrons. The molecule has 0 aliphatic heterocycles. The molecular weight excluding hydrogens is 532 g/mol. The number of aromatic nitrogens is 2. The highest BCUT2D eigenvalue weighted by Gasteiger charge is 2.11. The third-order valence-electron chi connectivity index (χ3n) is 10.3. The molecule has 0 unspecified atom stereocenters. The third-order valence-corrected chi connectivity index (χ3v) is 10.3. The van der Waals surface area contributed by atoms with Crippen molar-refractivity contribution in [1.82, 2.24) is 4.57 Å². The maximum Gasteiger partial charge on any atom is 0.253 e. The second-order valence-electron chi connectivity index (χ2n) is 14.5. The topological polar surface area (TPSA) is 8.81 Å². The molecule has 0 bridgehead atoms. The number of aryl methyl sites for hydroxylation is 2.